The molecule has 1 saturated heterocycles. The zero-order valence-corrected chi connectivity index (χ0v) is 8.93. The number of hydrogen-bond acceptors (Lipinski definition) is 3. The van der Waals surface area contributed by atoms with Gasteiger partial charge in [-0.15, -0.1) is 0 Å². The third-order valence-electron chi connectivity index (χ3n) is 3.70. The van der Waals surface area contributed by atoms with Gasteiger partial charge in [0.1, 0.15) is 6.04 Å². The van der Waals surface area contributed by atoms with Gasteiger partial charge in [-0.3, -0.25) is 9.69 Å². The molecule has 0 aromatic heterocycles. The maximum Gasteiger partial charge on any atom is 0.320 e. The Kier molecular flexibility index (Phi) is 3.26. The first-order valence-corrected chi connectivity index (χ1v) is 5.87. The fourth-order valence-electron chi connectivity index (χ4n) is 2.92. The Morgan fingerprint density at radius 2 is 1.93 bits per heavy atom. The minimum Gasteiger partial charge on any atom is -0.480 e. The van der Waals surface area contributed by atoms with E-state index in [-0.39, 0.29) is 18.2 Å². The second-order valence-corrected chi connectivity index (χ2v) is 4.65. The average Bonchev–Trinajstić information content (AvgIpc) is 2.64. The predicted octanol–water partition coefficient (Wildman–Crippen LogP) is 0.839. The van der Waals surface area contributed by atoms with Crippen molar-refractivity contribution in [3.05, 3.63) is 0 Å². The molecule has 0 aromatic carbocycles. The van der Waals surface area contributed by atoms with E-state index in [1.807, 2.05) is 4.90 Å². The molecule has 3 atom stereocenters. The number of carboxylic acid groups (broad SMARTS) is 1. The van der Waals surface area contributed by atoms with E-state index < -0.39 is 5.97 Å². The van der Waals surface area contributed by atoms with Gasteiger partial charge in [0.2, 0.25) is 0 Å². The Balaban J connectivity index is 2.06. The summed E-state index contributed by atoms with van der Waals surface area (Å²) in [5.41, 5.74) is 0. The first-order chi connectivity index (χ1) is 7.20. The minimum atomic E-state index is -0.728. The second kappa shape index (κ2) is 4.49. The van der Waals surface area contributed by atoms with Crippen molar-refractivity contribution in [3.8, 4) is 0 Å². The van der Waals surface area contributed by atoms with Crippen LogP contribution in [0, 0.1) is 0 Å². The molecule has 2 aliphatic rings. The van der Waals surface area contributed by atoms with E-state index in [0.717, 1.165) is 45.1 Å². The van der Waals surface area contributed by atoms with E-state index >= 15 is 0 Å². The average molecular weight is 213 g/mol. The maximum absolute atomic E-state index is 11.1. The third-order valence-corrected chi connectivity index (χ3v) is 3.70. The second-order valence-electron chi connectivity index (χ2n) is 4.65. The number of nitrogens with zero attached hydrogens (tertiary/aromatic N) is 1. The molecule has 3 unspecified atom stereocenters. The highest BCUT2D eigenvalue weighted by Crippen LogP contribution is 2.29. The summed E-state index contributed by atoms with van der Waals surface area (Å²) < 4.78 is 0. The molecule has 1 heterocycles. The van der Waals surface area contributed by atoms with Gasteiger partial charge in [0.25, 0.3) is 0 Å². The van der Waals surface area contributed by atoms with E-state index in [0.29, 0.717) is 0 Å². The number of carboxylic acids is 1. The van der Waals surface area contributed by atoms with E-state index in [9.17, 15) is 9.90 Å². The van der Waals surface area contributed by atoms with Crippen LogP contribution in [0.4, 0.5) is 0 Å². The van der Waals surface area contributed by atoms with E-state index in [1.165, 1.54) is 0 Å². The molecule has 15 heavy (non-hydrogen) atoms. The first-order valence-electron chi connectivity index (χ1n) is 5.87. The third kappa shape index (κ3) is 2.16. The number of hydrogen-bond donors (Lipinski definition) is 2. The van der Waals surface area contributed by atoms with Gasteiger partial charge in [0.05, 0.1) is 6.10 Å². The predicted molar refractivity (Wildman–Crippen MR) is 55.6 cm³/mol. The van der Waals surface area contributed by atoms with E-state index in [1.54, 1.807) is 0 Å². The summed E-state index contributed by atoms with van der Waals surface area (Å²) in [6.07, 6.45) is 5.28. The Labute approximate surface area is 89.9 Å². The number of carbonyl (C=O) groups is 1. The van der Waals surface area contributed by atoms with Crippen LogP contribution in [0.15, 0.2) is 0 Å². The Morgan fingerprint density at radius 1 is 1.13 bits per heavy atom. The first kappa shape index (κ1) is 10.9. The van der Waals surface area contributed by atoms with E-state index in [2.05, 4.69) is 0 Å². The molecule has 0 radical (unpaired) electrons. The molecule has 0 bridgehead atoms. The highest BCUT2D eigenvalue weighted by molar-refractivity contribution is 5.73. The van der Waals surface area contributed by atoms with Gasteiger partial charge in [-0.05, 0) is 38.6 Å². The van der Waals surface area contributed by atoms with E-state index in [4.69, 9.17) is 5.11 Å². The molecule has 4 heteroatoms. The molecule has 0 aromatic rings. The zero-order chi connectivity index (χ0) is 10.8. The van der Waals surface area contributed by atoms with Crippen LogP contribution in [-0.4, -0.2) is 45.8 Å². The van der Waals surface area contributed by atoms with Crippen LogP contribution in [0.5, 0.6) is 0 Å². The van der Waals surface area contributed by atoms with Crippen molar-refractivity contribution < 1.29 is 15.0 Å². The van der Waals surface area contributed by atoms with Gasteiger partial charge < -0.3 is 10.2 Å². The minimum absolute atomic E-state index is 0.0893. The van der Waals surface area contributed by atoms with Gasteiger partial charge in [-0.1, -0.05) is 6.42 Å². The van der Waals surface area contributed by atoms with Crippen LogP contribution in [0.3, 0.4) is 0 Å². The van der Waals surface area contributed by atoms with Crippen LogP contribution in [0.1, 0.15) is 38.5 Å². The van der Waals surface area contributed by atoms with Crippen LogP contribution < -0.4 is 0 Å². The number of aliphatic hydroxyl groups excluding tert-OH is 1. The number of likely N-dealkylation sites (tertiary alicyclic amines) is 1. The number of rotatable bonds is 2. The fraction of sp³-hybridized carbons (Fsp3) is 0.909. The summed E-state index contributed by atoms with van der Waals surface area (Å²) >= 11 is 0. The number of piperidine rings is 1. The standard InChI is InChI=1S/C11H19NO3/c13-10-6-3-5-8(10)12-7-2-1-4-9(12)11(14)15/h8-10,13H,1-7H2,(H,14,15). The quantitative estimate of drug-likeness (QED) is 0.713. The summed E-state index contributed by atoms with van der Waals surface area (Å²) in [6, 6.07) is -0.275. The molecule has 86 valence electrons. The van der Waals surface area contributed by atoms with Crippen LogP contribution in [0.25, 0.3) is 0 Å². The fourth-order valence-corrected chi connectivity index (χ4v) is 2.92. The summed E-state index contributed by atoms with van der Waals surface area (Å²) in [7, 11) is 0. The molecule has 2 N–H and O–H groups in total. The maximum atomic E-state index is 11.1. The highest BCUT2D eigenvalue weighted by atomic mass is 16.4. The van der Waals surface area contributed by atoms with Gasteiger partial charge in [0, 0.05) is 6.04 Å². The van der Waals surface area contributed by atoms with Crippen LogP contribution >= 0.6 is 0 Å². The van der Waals surface area contributed by atoms with Crippen molar-refractivity contribution in [1.29, 1.82) is 0 Å². The van der Waals surface area contributed by atoms with Crippen molar-refractivity contribution >= 4 is 5.97 Å². The molecule has 0 spiro atoms. The molecule has 4 nitrogen and oxygen atoms in total. The lowest BCUT2D eigenvalue weighted by Crippen LogP contribution is -2.52. The smallest absolute Gasteiger partial charge is 0.320 e. The van der Waals surface area contributed by atoms with Gasteiger partial charge in [-0.25, -0.2) is 0 Å². The van der Waals surface area contributed by atoms with Crippen LogP contribution in [-0.2, 0) is 4.79 Å². The topological polar surface area (TPSA) is 60.8 Å². The van der Waals surface area contributed by atoms with Crippen molar-refractivity contribution in [1.82, 2.24) is 4.90 Å². The largest absolute Gasteiger partial charge is 0.480 e. The molecule has 2 fully saturated rings. The lowest BCUT2D eigenvalue weighted by atomic mass is 9.98. The lowest BCUT2D eigenvalue weighted by molar-refractivity contribution is -0.146. The summed E-state index contributed by atoms with van der Waals surface area (Å²) in [6.45, 7) is 0.832. The summed E-state index contributed by atoms with van der Waals surface area (Å²) in [4.78, 5) is 13.1. The Morgan fingerprint density at radius 3 is 2.53 bits per heavy atom. The van der Waals surface area contributed by atoms with Crippen molar-refractivity contribution in [2.45, 2.75) is 56.7 Å². The zero-order valence-electron chi connectivity index (χ0n) is 8.93. The Hall–Kier alpha value is -0.610. The van der Waals surface area contributed by atoms with Crippen molar-refractivity contribution in [2.24, 2.45) is 0 Å². The van der Waals surface area contributed by atoms with Crippen LogP contribution in [0.2, 0.25) is 0 Å². The van der Waals surface area contributed by atoms with Gasteiger partial charge >= 0.3 is 5.97 Å². The lowest BCUT2D eigenvalue weighted by Gasteiger charge is -2.38. The monoisotopic (exact) mass is 213 g/mol. The molecule has 1 aliphatic carbocycles. The molecule has 2 rings (SSSR count). The Bertz CT molecular complexity index is 244. The number of aliphatic hydroxyl groups is 1. The van der Waals surface area contributed by atoms with Crippen molar-refractivity contribution in [2.75, 3.05) is 6.54 Å². The summed E-state index contributed by atoms with van der Waals surface area (Å²) in [5.74, 6) is -0.728. The van der Waals surface area contributed by atoms with Crippen molar-refractivity contribution in [3.63, 3.8) is 0 Å². The normalized spacial score (nSPS) is 38.1. The molecular formula is C11H19NO3. The summed E-state index contributed by atoms with van der Waals surface area (Å²) in [5, 5.41) is 18.9. The molecule has 1 saturated carbocycles. The number of aliphatic carboxylic acids is 1. The SMILES string of the molecule is O=C(O)C1CCCCN1C1CCCC1O. The van der Waals surface area contributed by atoms with Gasteiger partial charge in [-0.2, -0.15) is 0 Å². The molecule has 0 amide bonds. The molecule has 1 aliphatic heterocycles. The van der Waals surface area contributed by atoms with Gasteiger partial charge in [0.15, 0.2) is 0 Å². The highest BCUT2D eigenvalue weighted by Gasteiger charge is 2.38. The molecular weight excluding hydrogens is 194 g/mol.